The van der Waals surface area contributed by atoms with Crippen molar-refractivity contribution in [3.05, 3.63) is 51.7 Å². The molecular formula is C16H14FN3OS2. The quantitative estimate of drug-likeness (QED) is 0.923. The molecule has 3 rings (SSSR count). The van der Waals surface area contributed by atoms with Crippen molar-refractivity contribution >= 4 is 29.0 Å². The molecule has 0 bridgehead atoms. The second-order valence-electron chi connectivity index (χ2n) is 5.35. The molecule has 2 aromatic rings. The molecule has 1 saturated heterocycles. The van der Waals surface area contributed by atoms with Crippen molar-refractivity contribution in [3.8, 4) is 6.07 Å². The van der Waals surface area contributed by atoms with E-state index in [1.807, 2.05) is 0 Å². The normalized spacial score (nSPS) is 20.2. The Bertz CT molecular complexity index is 763. The number of thiazole rings is 1. The lowest BCUT2D eigenvalue weighted by molar-refractivity contribution is 0.0921. The average Bonchev–Trinajstić information content (AvgIpc) is 3.20. The lowest BCUT2D eigenvalue weighted by Crippen LogP contribution is -2.47. The van der Waals surface area contributed by atoms with Gasteiger partial charge < -0.3 is 5.32 Å². The Labute approximate surface area is 141 Å². The molecule has 7 heteroatoms. The summed E-state index contributed by atoms with van der Waals surface area (Å²) in [6.45, 7) is 0. The van der Waals surface area contributed by atoms with Crippen LogP contribution in [0, 0.1) is 17.1 Å². The maximum atomic E-state index is 13.7. The zero-order chi connectivity index (χ0) is 16.3. The summed E-state index contributed by atoms with van der Waals surface area (Å²) in [5.74, 6) is 0.843. The number of benzene rings is 1. The third-order valence-electron chi connectivity index (χ3n) is 3.67. The van der Waals surface area contributed by atoms with E-state index in [0.29, 0.717) is 29.2 Å². The van der Waals surface area contributed by atoms with Gasteiger partial charge in [0.25, 0.3) is 5.91 Å². The van der Waals surface area contributed by atoms with Gasteiger partial charge in [0, 0.05) is 17.6 Å². The minimum absolute atomic E-state index is 0.278. The number of nitrogens with zero attached hydrogens (tertiary/aromatic N) is 2. The van der Waals surface area contributed by atoms with E-state index in [1.54, 1.807) is 35.3 Å². The van der Waals surface area contributed by atoms with E-state index in [4.69, 9.17) is 0 Å². The van der Waals surface area contributed by atoms with Crippen LogP contribution in [0.15, 0.2) is 29.6 Å². The maximum absolute atomic E-state index is 13.7. The van der Waals surface area contributed by atoms with Gasteiger partial charge in [-0.2, -0.15) is 17.0 Å². The number of nitriles is 1. The second kappa shape index (κ2) is 6.69. The predicted octanol–water partition coefficient (Wildman–Crippen LogP) is 3.00. The fraction of sp³-hybridized carbons (Fsp3) is 0.312. The van der Waals surface area contributed by atoms with Crippen LogP contribution < -0.4 is 5.32 Å². The van der Waals surface area contributed by atoms with E-state index in [2.05, 4.69) is 16.4 Å². The van der Waals surface area contributed by atoms with Gasteiger partial charge in [0.1, 0.15) is 17.1 Å². The number of hydrogen-bond donors (Lipinski definition) is 1. The molecule has 23 heavy (non-hydrogen) atoms. The fourth-order valence-corrected chi connectivity index (χ4v) is 4.43. The Morgan fingerprint density at radius 2 is 2.30 bits per heavy atom. The van der Waals surface area contributed by atoms with E-state index < -0.39 is 5.54 Å². The zero-order valence-electron chi connectivity index (χ0n) is 12.2. The highest BCUT2D eigenvalue weighted by Gasteiger charge is 2.36. The van der Waals surface area contributed by atoms with Gasteiger partial charge >= 0.3 is 0 Å². The third-order valence-corrected chi connectivity index (χ3v) is 5.71. The molecule has 0 saturated carbocycles. The molecule has 1 aliphatic rings. The number of aromatic nitrogens is 1. The van der Waals surface area contributed by atoms with Gasteiger partial charge in [-0.3, -0.25) is 4.79 Å². The summed E-state index contributed by atoms with van der Waals surface area (Å²) in [5.41, 5.74) is 0.0409. The van der Waals surface area contributed by atoms with Gasteiger partial charge in [-0.1, -0.05) is 18.2 Å². The largest absolute Gasteiger partial charge is 0.332 e. The molecule has 4 nitrogen and oxygen atoms in total. The van der Waals surface area contributed by atoms with E-state index in [1.165, 1.54) is 17.4 Å². The Morgan fingerprint density at radius 1 is 1.48 bits per heavy atom. The van der Waals surface area contributed by atoms with Crippen molar-refractivity contribution in [2.24, 2.45) is 0 Å². The minimum atomic E-state index is -0.795. The lowest BCUT2D eigenvalue weighted by atomic mass is 10.0. The van der Waals surface area contributed by atoms with Gasteiger partial charge in [0.15, 0.2) is 0 Å². The summed E-state index contributed by atoms with van der Waals surface area (Å²) in [6, 6.07) is 8.73. The number of nitrogens with one attached hydrogen (secondary N) is 1. The Kier molecular flexibility index (Phi) is 4.64. The Hall–Kier alpha value is -1.91. The number of halogens is 1. The van der Waals surface area contributed by atoms with Crippen LogP contribution in [0.5, 0.6) is 0 Å². The number of carbonyl (C=O) groups excluding carboxylic acids is 1. The Morgan fingerprint density at radius 3 is 3.00 bits per heavy atom. The van der Waals surface area contributed by atoms with Crippen LogP contribution in [-0.2, 0) is 6.42 Å². The molecule has 1 aliphatic heterocycles. The van der Waals surface area contributed by atoms with Crippen molar-refractivity contribution in [2.75, 3.05) is 11.5 Å². The standard InChI is InChI=1S/C16H14FN3OS2/c17-12-4-2-1-3-11(12)7-14-19-13(8-23-14)15(21)20-16(9-18)5-6-22-10-16/h1-4,8H,5-7,10H2,(H,20,21)/t16-/m0/s1. The minimum Gasteiger partial charge on any atom is -0.332 e. The molecule has 118 valence electrons. The fourth-order valence-electron chi connectivity index (χ4n) is 2.36. The number of amides is 1. The van der Waals surface area contributed by atoms with E-state index in [9.17, 15) is 14.4 Å². The molecule has 1 aromatic carbocycles. The van der Waals surface area contributed by atoms with E-state index in [0.717, 1.165) is 5.75 Å². The number of rotatable bonds is 4. The first-order valence-electron chi connectivity index (χ1n) is 7.11. The van der Waals surface area contributed by atoms with Crippen LogP contribution in [0.2, 0.25) is 0 Å². The summed E-state index contributed by atoms with van der Waals surface area (Å²) >= 11 is 2.97. The Balaban J connectivity index is 1.71. The molecule has 1 aromatic heterocycles. The predicted molar refractivity (Wildman–Crippen MR) is 89.1 cm³/mol. The first-order valence-corrected chi connectivity index (χ1v) is 9.15. The number of carbonyl (C=O) groups is 1. The van der Waals surface area contributed by atoms with E-state index in [-0.39, 0.29) is 17.4 Å². The maximum Gasteiger partial charge on any atom is 0.272 e. The van der Waals surface area contributed by atoms with Crippen LogP contribution >= 0.6 is 23.1 Å². The molecule has 1 N–H and O–H groups in total. The van der Waals surface area contributed by atoms with Crippen molar-refractivity contribution in [1.29, 1.82) is 5.26 Å². The first-order chi connectivity index (χ1) is 11.1. The van der Waals surface area contributed by atoms with Crippen LogP contribution in [-0.4, -0.2) is 27.9 Å². The smallest absolute Gasteiger partial charge is 0.272 e. The van der Waals surface area contributed by atoms with Gasteiger partial charge in [-0.05, 0) is 23.8 Å². The third kappa shape index (κ3) is 3.54. The highest BCUT2D eigenvalue weighted by molar-refractivity contribution is 7.99. The number of hydrogen-bond acceptors (Lipinski definition) is 5. The van der Waals surface area contributed by atoms with Crippen molar-refractivity contribution < 1.29 is 9.18 Å². The summed E-state index contributed by atoms with van der Waals surface area (Å²) < 4.78 is 13.7. The topological polar surface area (TPSA) is 65.8 Å². The van der Waals surface area contributed by atoms with Gasteiger partial charge in [-0.25, -0.2) is 9.37 Å². The SMILES string of the molecule is N#C[C@@]1(NC(=O)c2csc(Cc3ccccc3F)n2)CCSC1. The van der Waals surface area contributed by atoms with Crippen LogP contribution in [0.4, 0.5) is 4.39 Å². The summed E-state index contributed by atoms with van der Waals surface area (Å²) in [5, 5.41) is 14.4. The zero-order valence-corrected chi connectivity index (χ0v) is 13.8. The molecule has 0 aliphatic carbocycles. The summed E-state index contributed by atoms with van der Waals surface area (Å²) in [7, 11) is 0. The summed E-state index contributed by atoms with van der Waals surface area (Å²) in [4.78, 5) is 16.6. The van der Waals surface area contributed by atoms with Gasteiger partial charge in [0.2, 0.25) is 0 Å². The second-order valence-corrected chi connectivity index (χ2v) is 7.39. The molecule has 0 radical (unpaired) electrons. The molecular weight excluding hydrogens is 333 g/mol. The highest BCUT2D eigenvalue weighted by atomic mass is 32.2. The van der Waals surface area contributed by atoms with E-state index >= 15 is 0 Å². The van der Waals surface area contributed by atoms with Crippen molar-refractivity contribution in [3.63, 3.8) is 0 Å². The number of thioether (sulfide) groups is 1. The van der Waals surface area contributed by atoms with Crippen LogP contribution in [0.1, 0.15) is 27.5 Å². The highest BCUT2D eigenvalue weighted by Crippen LogP contribution is 2.27. The molecule has 2 heterocycles. The lowest BCUT2D eigenvalue weighted by Gasteiger charge is -2.20. The molecule has 1 atom stereocenters. The van der Waals surface area contributed by atoms with Crippen molar-refractivity contribution in [1.82, 2.24) is 10.3 Å². The molecule has 1 amide bonds. The monoisotopic (exact) mass is 347 g/mol. The van der Waals surface area contributed by atoms with Gasteiger partial charge in [0.05, 0.1) is 11.1 Å². The average molecular weight is 347 g/mol. The van der Waals surface area contributed by atoms with Crippen LogP contribution in [0.3, 0.4) is 0 Å². The molecule has 0 spiro atoms. The summed E-state index contributed by atoms with van der Waals surface area (Å²) in [6.07, 6.45) is 0.996. The molecule has 0 unspecified atom stereocenters. The molecule has 1 fully saturated rings. The van der Waals surface area contributed by atoms with Crippen molar-refractivity contribution in [2.45, 2.75) is 18.4 Å². The van der Waals surface area contributed by atoms with Crippen LogP contribution in [0.25, 0.3) is 0 Å². The first kappa shape index (κ1) is 16.0. The van der Waals surface area contributed by atoms with Gasteiger partial charge in [-0.15, -0.1) is 11.3 Å².